The molecule has 2 unspecified atom stereocenters. The molecule has 0 radical (unpaired) electrons. The van der Waals surface area contributed by atoms with E-state index in [0.717, 1.165) is 25.9 Å². The van der Waals surface area contributed by atoms with Crippen LogP contribution >= 0.6 is 0 Å². The van der Waals surface area contributed by atoms with Crippen molar-refractivity contribution in [2.45, 2.75) is 40.5 Å². The first kappa shape index (κ1) is 20.1. The van der Waals surface area contributed by atoms with E-state index >= 15 is 0 Å². The summed E-state index contributed by atoms with van der Waals surface area (Å²) in [6.45, 7) is 9.79. The first-order chi connectivity index (χ1) is 13.3. The Kier molecular flexibility index (Phi) is 5.87. The third-order valence-corrected chi connectivity index (χ3v) is 5.27. The van der Waals surface area contributed by atoms with Gasteiger partial charge in [-0.1, -0.05) is 32.9 Å². The number of benzene rings is 1. The Morgan fingerprint density at radius 3 is 2.21 bits per heavy atom. The summed E-state index contributed by atoms with van der Waals surface area (Å²) in [5.74, 6) is 0.393. The van der Waals surface area contributed by atoms with Crippen LogP contribution in [0.1, 0.15) is 46.1 Å². The maximum absolute atomic E-state index is 13.2. The van der Waals surface area contributed by atoms with Gasteiger partial charge in [-0.3, -0.25) is 19.3 Å². The highest BCUT2D eigenvalue weighted by atomic mass is 16.2. The molecular weight excluding hydrogens is 354 g/mol. The lowest BCUT2D eigenvalue weighted by atomic mass is 9.91. The van der Waals surface area contributed by atoms with Crippen molar-refractivity contribution in [2.24, 2.45) is 11.8 Å². The highest BCUT2D eigenvalue weighted by Crippen LogP contribution is 2.35. The molecule has 0 saturated carbocycles. The van der Waals surface area contributed by atoms with Crippen molar-refractivity contribution in [3.05, 3.63) is 35.5 Å². The van der Waals surface area contributed by atoms with E-state index in [9.17, 15) is 14.4 Å². The Labute approximate surface area is 166 Å². The van der Waals surface area contributed by atoms with Gasteiger partial charge in [-0.25, -0.2) is 0 Å². The van der Waals surface area contributed by atoms with Gasteiger partial charge in [-0.2, -0.15) is 0 Å². The lowest BCUT2D eigenvalue weighted by molar-refractivity contribution is -0.137. The Morgan fingerprint density at radius 1 is 1.07 bits per heavy atom. The molecule has 1 aromatic rings. The van der Waals surface area contributed by atoms with Crippen LogP contribution in [0.25, 0.3) is 5.57 Å². The summed E-state index contributed by atoms with van der Waals surface area (Å²) in [5, 5.41) is 2.73. The molecule has 2 atom stereocenters. The molecule has 1 fully saturated rings. The van der Waals surface area contributed by atoms with Crippen molar-refractivity contribution in [3.63, 3.8) is 0 Å². The highest BCUT2D eigenvalue weighted by Gasteiger charge is 2.42. The first-order valence-corrected chi connectivity index (χ1v) is 10.0. The maximum Gasteiger partial charge on any atom is 0.277 e. The molecule has 0 aromatic heterocycles. The van der Waals surface area contributed by atoms with Crippen molar-refractivity contribution in [1.29, 1.82) is 0 Å². The SMILES string of the molecule is CCCN1C(=O)C(c2ccc(NC(C)=O)cc2)=C(N2CC(C)CC(C)C2)C1=O. The normalized spacial score (nSPS) is 22.9. The maximum atomic E-state index is 13.2. The molecule has 6 nitrogen and oxygen atoms in total. The average Bonchev–Trinajstić information content (AvgIpc) is 2.86. The van der Waals surface area contributed by atoms with Gasteiger partial charge < -0.3 is 10.2 Å². The zero-order valence-electron chi connectivity index (χ0n) is 17.1. The number of amides is 3. The molecule has 1 N–H and O–H groups in total. The first-order valence-electron chi connectivity index (χ1n) is 10.0. The highest BCUT2D eigenvalue weighted by molar-refractivity contribution is 6.35. The van der Waals surface area contributed by atoms with E-state index in [1.165, 1.54) is 11.8 Å². The predicted octanol–water partition coefficient (Wildman–Crippen LogP) is 3.11. The molecule has 2 heterocycles. The van der Waals surface area contributed by atoms with Crippen LogP contribution in [0.2, 0.25) is 0 Å². The summed E-state index contributed by atoms with van der Waals surface area (Å²) in [5.41, 5.74) is 2.39. The van der Waals surface area contributed by atoms with Gasteiger partial charge in [-0.15, -0.1) is 0 Å². The number of nitrogens with zero attached hydrogens (tertiary/aromatic N) is 2. The van der Waals surface area contributed by atoms with Crippen LogP contribution in [0.5, 0.6) is 0 Å². The summed E-state index contributed by atoms with van der Waals surface area (Å²) in [4.78, 5) is 41.0. The summed E-state index contributed by atoms with van der Waals surface area (Å²) < 4.78 is 0. The van der Waals surface area contributed by atoms with Gasteiger partial charge in [0, 0.05) is 32.2 Å². The largest absolute Gasteiger partial charge is 0.366 e. The molecule has 0 bridgehead atoms. The van der Waals surface area contributed by atoms with E-state index in [1.54, 1.807) is 24.3 Å². The lowest BCUT2D eigenvalue weighted by Gasteiger charge is -2.37. The molecule has 1 saturated heterocycles. The zero-order chi connectivity index (χ0) is 20.4. The second kappa shape index (κ2) is 8.17. The number of rotatable bonds is 5. The van der Waals surface area contributed by atoms with E-state index in [4.69, 9.17) is 0 Å². The monoisotopic (exact) mass is 383 g/mol. The smallest absolute Gasteiger partial charge is 0.277 e. The van der Waals surface area contributed by atoms with Gasteiger partial charge in [-0.05, 0) is 42.4 Å². The second-order valence-corrected chi connectivity index (χ2v) is 8.10. The van der Waals surface area contributed by atoms with Crippen LogP contribution < -0.4 is 5.32 Å². The minimum atomic E-state index is -0.222. The molecule has 0 aliphatic carbocycles. The summed E-state index contributed by atoms with van der Waals surface area (Å²) in [7, 11) is 0. The molecule has 3 rings (SSSR count). The molecular formula is C22H29N3O3. The van der Waals surface area contributed by atoms with Crippen molar-refractivity contribution in [3.8, 4) is 0 Å². The van der Waals surface area contributed by atoms with Gasteiger partial charge in [0.15, 0.2) is 0 Å². The Hall–Kier alpha value is -2.63. The van der Waals surface area contributed by atoms with Crippen molar-refractivity contribution >= 4 is 29.0 Å². The quantitative estimate of drug-likeness (QED) is 0.793. The Balaban J connectivity index is 2.02. The van der Waals surface area contributed by atoms with Crippen LogP contribution in [0.3, 0.4) is 0 Å². The third-order valence-electron chi connectivity index (χ3n) is 5.27. The van der Waals surface area contributed by atoms with Crippen LogP contribution in [0, 0.1) is 11.8 Å². The molecule has 150 valence electrons. The van der Waals surface area contributed by atoms with E-state index < -0.39 is 0 Å². The topological polar surface area (TPSA) is 69.7 Å². The fourth-order valence-electron chi connectivity index (χ4n) is 4.31. The predicted molar refractivity (Wildman–Crippen MR) is 109 cm³/mol. The van der Waals surface area contributed by atoms with Gasteiger partial charge in [0.1, 0.15) is 5.70 Å². The number of likely N-dealkylation sites (tertiary alicyclic amines) is 1. The molecule has 6 heteroatoms. The van der Waals surface area contributed by atoms with Crippen LogP contribution in [0.15, 0.2) is 30.0 Å². The van der Waals surface area contributed by atoms with Crippen molar-refractivity contribution in [1.82, 2.24) is 9.80 Å². The summed E-state index contributed by atoms with van der Waals surface area (Å²) in [6, 6.07) is 7.14. The van der Waals surface area contributed by atoms with Crippen molar-refractivity contribution in [2.75, 3.05) is 25.0 Å². The minimum absolute atomic E-state index is 0.148. The van der Waals surface area contributed by atoms with Crippen LogP contribution in [0.4, 0.5) is 5.69 Å². The standard InChI is InChI=1S/C22H29N3O3/c1-5-10-25-21(27)19(17-6-8-18(9-7-17)23-16(4)26)20(22(25)28)24-12-14(2)11-15(3)13-24/h6-9,14-15H,5,10-13H2,1-4H3,(H,23,26). The van der Waals surface area contributed by atoms with E-state index in [1.807, 2.05) is 6.92 Å². The van der Waals surface area contributed by atoms with E-state index in [-0.39, 0.29) is 17.7 Å². The van der Waals surface area contributed by atoms with E-state index in [0.29, 0.717) is 40.9 Å². The number of hydrogen-bond donors (Lipinski definition) is 1. The second-order valence-electron chi connectivity index (χ2n) is 8.10. The van der Waals surface area contributed by atoms with Gasteiger partial charge in [0.2, 0.25) is 5.91 Å². The Morgan fingerprint density at radius 2 is 1.68 bits per heavy atom. The van der Waals surface area contributed by atoms with Crippen molar-refractivity contribution < 1.29 is 14.4 Å². The summed E-state index contributed by atoms with van der Waals surface area (Å²) in [6.07, 6.45) is 1.86. The molecule has 2 aliphatic heterocycles. The van der Waals surface area contributed by atoms with Crippen LogP contribution in [-0.2, 0) is 14.4 Å². The molecule has 28 heavy (non-hydrogen) atoms. The number of carbonyl (C=O) groups excluding carboxylic acids is 3. The number of anilines is 1. The Bertz CT molecular complexity index is 803. The number of hydrogen-bond acceptors (Lipinski definition) is 4. The molecule has 0 spiro atoms. The minimum Gasteiger partial charge on any atom is -0.366 e. The zero-order valence-corrected chi connectivity index (χ0v) is 17.1. The number of carbonyl (C=O) groups is 3. The average molecular weight is 383 g/mol. The molecule has 2 aliphatic rings. The van der Waals surface area contributed by atoms with E-state index in [2.05, 4.69) is 24.1 Å². The number of nitrogens with one attached hydrogen (secondary N) is 1. The van der Waals surface area contributed by atoms with Gasteiger partial charge in [0.05, 0.1) is 5.57 Å². The fraction of sp³-hybridized carbons (Fsp3) is 0.500. The molecule has 3 amide bonds. The summed E-state index contributed by atoms with van der Waals surface area (Å²) >= 11 is 0. The van der Waals surface area contributed by atoms with Crippen LogP contribution in [-0.4, -0.2) is 47.2 Å². The molecule has 1 aromatic carbocycles. The van der Waals surface area contributed by atoms with Gasteiger partial charge >= 0.3 is 0 Å². The van der Waals surface area contributed by atoms with Gasteiger partial charge in [0.25, 0.3) is 11.8 Å². The number of imide groups is 1. The third kappa shape index (κ3) is 3.96. The number of piperidine rings is 1. The lowest BCUT2D eigenvalue weighted by Crippen LogP contribution is -2.42. The fourth-order valence-corrected chi connectivity index (χ4v) is 4.31.